The van der Waals surface area contributed by atoms with Gasteiger partial charge in [0.05, 0.1) is 0 Å². The zero-order valence-electron chi connectivity index (χ0n) is 20.4. The molecule has 0 bridgehead atoms. The average Bonchev–Trinajstić information content (AvgIpc) is 3.38. The van der Waals surface area contributed by atoms with Crippen LogP contribution in [0.1, 0.15) is 41.5 Å². The normalized spacial score (nSPS) is 14.5. The van der Waals surface area contributed by atoms with Crippen molar-refractivity contribution in [2.75, 3.05) is 0 Å². The van der Waals surface area contributed by atoms with Crippen molar-refractivity contribution in [3.05, 3.63) is 131 Å². The predicted octanol–water partition coefficient (Wildman–Crippen LogP) is 9.33. The minimum absolute atomic E-state index is 0. The first-order valence-electron chi connectivity index (χ1n) is 12.3. The molecule has 1 atom stereocenters. The molecule has 170 valence electrons. The minimum Gasteiger partial charge on any atom is -0.164 e. The molecule has 0 fully saturated rings. The second-order valence-corrected chi connectivity index (χ2v) is 9.59. The summed E-state index contributed by atoms with van der Waals surface area (Å²) in [4.78, 5) is 0. The van der Waals surface area contributed by atoms with Crippen molar-refractivity contribution in [1.29, 1.82) is 0 Å². The summed E-state index contributed by atoms with van der Waals surface area (Å²) in [5.41, 5.74) is 12.6. The van der Waals surface area contributed by atoms with E-state index in [1.165, 1.54) is 60.9 Å². The van der Waals surface area contributed by atoms with Gasteiger partial charge in [0.2, 0.25) is 0 Å². The third-order valence-electron chi connectivity index (χ3n) is 7.56. The molecule has 0 aliphatic heterocycles. The van der Waals surface area contributed by atoms with Crippen molar-refractivity contribution in [2.45, 2.75) is 32.6 Å². The molecule has 1 heteroatoms. The number of benzene rings is 4. The Hall–Kier alpha value is -2.89. The van der Waals surface area contributed by atoms with Gasteiger partial charge in [0.25, 0.3) is 0 Å². The average molecular weight is 529 g/mol. The molecule has 6 rings (SSSR count). The third kappa shape index (κ3) is 4.32. The van der Waals surface area contributed by atoms with Gasteiger partial charge in [-0.1, -0.05) is 115 Å². The fourth-order valence-electron chi connectivity index (χ4n) is 5.86. The maximum atomic E-state index is 2.42. The second-order valence-electron chi connectivity index (χ2n) is 9.59. The van der Waals surface area contributed by atoms with Crippen molar-refractivity contribution < 1.29 is 26.2 Å². The molecular weight excluding hydrogens is 500 g/mol. The molecule has 0 nitrogen and oxygen atoms in total. The summed E-state index contributed by atoms with van der Waals surface area (Å²) in [7, 11) is 0. The number of hydrogen-bond acceptors (Lipinski definition) is 0. The Kier molecular flexibility index (Phi) is 6.81. The fraction of sp³-hybridized carbons (Fsp3) is 0.147. The quantitative estimate of drug-likeness (QED) is 0.199. The van der Waals surface area contributed by atoms with E-state index in [2.05, 4.69) is 123 Å². The smallest absolute Gasteiger partial charge is 0.00506 e. The molecular formula is C34H29Zr-. The maximum absolute atomic E-state index is 2.42. The van der Waals surface area contributed by atoms with Gasteiger partial charge in [-0.25, -0.2) is 0 Å². The number of rotatable bonds is 5. The van der Waals surface area contributed by atoms with Gasteiger partial charge in [-0.2, -0.15) is 6.07 Å². The molecule has 5 aromatic rings. The molecule has 0 N–H and O–H groups in total. The summed E-state index contributed by atoms with van der Waals surface area (Å²) >= 11 is 0. The molecule has 0 amide bonds. The predicted molar refractivity (Wildman–Crippen MR) is 146 cm³/mol. The van der Waals surface area contributed by atoms with E-state index in [0.29, 0.717) is 5.92 Å². The second kappa shape index (κ2) is 10.0. The van der Waals surface area contributed by atoms with Crippen molar-refractivity contribution in [1.82, 2.24) is 0 Å². The van der Waals surface area contributed by atoms with Crippen molar-refractivity contribution in [3.63, 3.8) is 0 Å². The van der Waals surface area contributed by atoms with Gasteiger partial charge in [-0.15, -0.1) is 34.0 Å². The summed E-state index contributed by atoms with van der Waals surface area (Å²) in [6, 6.07) is 37.6. The van der Waals surface area contributed by atoms with E-state index < -0.39 is 0 Å². The molecule has 1 aliphatic rings. The van der Waals surface area contributed by atoms with Crippen LogP contribution in [0.25, 0.3) is 39.1 Å². The first kappa shape index (κ1) is 23.8. The minimum atomic E-state index is 0. The number of aryl methyl sites for hydroxylation is 2. The molecule has 1 unspecified atom stereocenters. The molecule has 1 aliphatic carbocycles. The van der Waals surface area contributed by atoms with Crippen molar-refractivity contribution in [2.24, 2.45) is 0 Å². The standard InChI is InChI=1S/C34H29.Zr/c1-23-21-33-29(25-11-5-3-6-12-25)15-9-17-31(33)27(23)19-20-28-24(2)22-34-30(16-10-18-32(28)34)26-13-7-4-8-14-26;/h3-18,21-22,27H,19-20H2,1-2H3;/q-1;. The Bertz CT molecular complexity index is 1500. The first-order valence-corrected chi connectivity index (χ1v) is 12.3. The molecule has 0 saturated carbocycles. The third-order valence-corrected chi connectivity index (χ3v) is 7.56. The van der Waals surface area contributed by atoms with Gasteiger partial charge in [0.15, 0.2) is 0 Å². The van der Waals surface area contributed by atoms with Gasteiger partial charge in [-0.3, -0.25) is 0 Å². The molecule has 0 spiro atoms. The van der Waals surface area contributed by atoms with E-state index in [0.717, 1.165) is 12.8 Å². The molecule has 0 radical (unpaired) electrons. The van der Waals surface area contributed by atoms with Gasteiger partial charge in [0.1, 0.15) is 0 Å². The van der Waals surface area contributed by atoms with Crippen LogP contribution in [0.4, 0.5) is 0 Å². The Balaban J connectivity index is 0.00000253. The zero-order valence-corrected chi connectivity index (χ0v) is 22.8. The zero-order chi connectivity index (χ0) is 23.1. The molecule has 35 heavy (non-hydrogen) atoms. The van der Waals surface area contributed by atoms with Crippen LogP contribution in [0.3, 0.4) is 0 Å². The van der Waals surface area contributed by atoms with Gasteiger partial charge in [-0.05, 0) is 41.2 Å². The van der Waals surface area contributed by atoms with E-state index >= 15 is 0 Å². The Labute approximate surface area is 227 Å². The Morgan fingerprint density at radius 2 is 1.31 bits per heavy atom. The summed E-state index contributed by atoms with van der Waals surface area (Å²) < 4.78 is 0. The van der Waals surface area contributed by atoms with Crippen LogP contribution in [-0.4, -0.2) is 0 Å². The number of fused-ring (bicyclic) bond motifs is 2. The van der Waals surface area contributed by atoms with E-state index in [1.807, 2.05) is 0 Å². The van der Waals surface area contributed by atoms with Gasteiger partial charge in [0, 0.05) is 32.1 Å². The summed E-state index contributed by atoms with van der Waals surface area (Å²) in [6.07, 6.45) is 4.66. The molecule has 0 saturated heterocycles. The van der Waals surface area contributed by atoms with E-state index in [4.69, 9.17) is 0 Å². The summed E-state index contributed by atoms with van der Waals surface area (Å²) in [5.74, 6) is 0.486. The van der Waals surface area contributed by atoms with Crippen LogP contribution >= 0.6 is 0 Å². The van der Waals surface area contributed by atoms with Crippen LogP contribution in [0.5, 0.6) is 0 Å². The SMILES string of the molecule is CC1=Cc2c(-c3ccccc3)cccc2C1CC[c-]1c(C)cc2c(-c3ccccc3)cccc21.[Zr]. The van der Waals surface area contributed by atoms with Crippen LogP contribution in [0.15, 0.2) is 109 Å². The first-order chi connectivity index (χ1) is 16.7. The number of hydrogen-bond donors (Lipinski definition) is 0. The van der Waals surface area contributed by atoms with Crippen LogP contribution in [0.2, 0.25) is 0 Å². The van der Waals surface area contributed by atoms with E-state index in [9.17, 15) is 0 Å². The van der Waals surface area contributed by atoms with E-state index in [1.54, 1.807) is 0 Å². The van der Waals surface area contributed by atoms with Crippen LogP contribution in [-0.2, 0) is 32.6 Å². The molecule has 0 aromatic heterocycles. The summed E-state index contributed by atoms with van der Waals surface area (Å²) in [5, 5.41) is 2.79. The maximum Gasteiger partial charge on any atom is 0.00506 e. The van der Waals surface area contributed by atoms with Crippen LogP contribution < -0.4 is 0 Å². The van der Waals surface area contributed by atoms with Gasteiger partial charge < -0.3 is 0 Å². The molecule has 0 heterocycles. The summed E-state index contributed by atoms with van der Waals surface area (Å²) in [6.45, 7) is 4.59. The van der Waals surface area contributed by atoms with E-state index in [-0.39, 0.29) is 26.2 Å². The van der Waals surface area contributed by atoms with Crippen LogP contribution in [0, 0.1) is 6.92 Å². The number of allylic oxidation sites excluding steroid dienone is 1. The molecule has 5 aromatic carbocycles. The Morgan fingerprint density at radius 1 is 0.686 bits per heavy atom. The van der Waals surface area contributed by atoms with Crippen molar-refractivity contribution in [3.8, 4) is 22.3 Å². The topological polar surface area (TPSA) is 0 Å². The van der Waals surface area contributed by atoms with Crippen molar-refractivity contribution >= 4 is 16.8 Å². The van der Waals surface area contributed by atoms with Gasteiger partial charge >= 0.3 is 0 Å². The largest absolute Gasteiger partial charge is 0.164 e. The Morgan fingerprint density at radius 3 is 2.03 bits per heavy atom. The monoisotopic (exact) mass is 527 g/mol. The fourth-order valence-corrected chi connectivity index (χ4v) is 5.86.